The van der Waals surface area contributed by atoms with Gasteiger partial charge in [0, 0.05) is 50.8 Å². The van der Waals surface area contributed by atoms with Gasteiger partial charge >= 0.3 is 0 Å². The molecule has 1 aliphatic carbocycles. The fourth-order valence-corrected chi connectivity index (χ4v) is 5.07. The fourth-order valence-electron chi connectivity index (χ4n) is 5.07. The number of benzene rings is 2. The Labute approximate surface area is 178 Å². The quantitative estimate of drug-likeness (QED) is 0.558. The predicted molar refractivity (Wildman–Crippen MR) is 119 cm³/mol. The van der Waals surface area contributed by atoms with Gasteiger partial charge in [-0.3, -0.25) is 10.1 Å². The van der Waals surface area contributed by atoms with Crippen molar-refractivity contribution in [2.75, 3.05) is 32.7 Å². The van der Waals surface area contributed by atoms with Crippen molar-refractivity contribution in [2.24, 2.45) is 0 Å². The van der Waals surface area contributed by atoms with Gasteiger partial charge < -0.3 is 15.3 Å². The molecule has 2 aliphatic rings. The second-order valence-electron chi connectivity index (χ2n) is 8.66. The first kappa shape index (κ1) is 21.0. The normalized spacial score (nSPS) is 20.6. The van der Waals surface area contributed by atoms with E-state index in [-0.39, 0.29) is 16.5 Å². The van der Waals surface area contributed by atoms with Crippen LogP contribution in [0.25, 0.3) is 11.1 Å². The number of hydrogen-bond acceptors (Lipinski definition) is 5. The average Bonchev–Trinajstić information content (AvgIpc) is 2.79. The first-order valence-corrected chi connectivity index (χ1v) is 11.1. The molecule has 0 aromatic heterocycles. The summed E-state index contributed by atoms with van der Waals surface area (Å²) >= 11 is 0. The minimum Gasteiger partial charge on any atom is -0.389 e. The molecule has 2 N–H and O–H groups in total. The molecule has 6 heteroatoms. The van der Waals surface area contributed by atoms with E-state index < -0.39 is 5.60 Å². The maximum Gasteiger partial charge on any atom is 0.270 e. The molecule has 30 heavy (non-hydrogen) atoms. The summed E-state index contributed by atoms with van der Waals surface area (Å²) in [6, 6.07) is 15.0. The topological polar surface area (TPSA) is 78.6 Å². The molecule has 0 bridgehead atoms. The Hall–Kier alpha value is -2.28. The molecule has 1 atom stereocenters. The molecule has 2 aromatic rings. The molecule has 2 fully saturated rings. The minimum atomic E-state index is -0.736. The lowest BCUT2D eigenvalue weighted by Crippen LogP contribution is -2.49. The van der Waals surface area contributed by atoms with Crippen LogP contribution >= 0.6 is 0 Å². The van der Waals surface area contributed by atoms with Gasteiger partial charge in [-0.25, -0.2) is 0 Å². The predicted octanol–water partition coefficient (Wildman–Crippen LogP) is 3.95. The summed E-state index contributed by atoms with van der Waals surface area (Å²) in [5, 5.41) is 26.5. The number of nitrogens with zero attached hydrogens (tertiary/aromatic N) is 2. The van der Waals surface area contributed by atoms with E-state index in [4.69, 9.17) is 0 Å². The molecule has 0 radical (unpaired) electrons. The van der Waals surface area contributed by atoms with Crippen LogP contribution in [0.4, 0.5) is 5.69 Å². The summed E-state index contributed by atoms with van der Waals surface area (Å²) in [4.78, 5) is 13.4. The van der Waals surface area contributed by atoms with E-state index in [1.807, 2.05) is 24.3 Å². The molecule has 1 heterocycles. The van der Waals surface area contributed by atoms with Gasteiger partial charge in [0.25, 0.3) is 5.69 Å². The van der Waals surface area contributed by atoms with Gasteiger partial charge in [-0.1, -0.05) is 55.7 Å². The van der Waals surface area contributed by atoms with E-state index in [0.29, 0.717) is 0 Å². The lowest BCUT2D eigenvalue weighted by atomic mass is 9.71. The van der Waals surface area contributed by atoms with Crippen molar-refractivity contribution in [2.45, 2.75) is 43.6 Å². The Morgan fingerprint density at radius 3 is 2.53 bits per heavy atom. The highest BCUT2D eigenvalue weighted by atomic mass is 16.6. The molecule has 2 aromatic carbocycles. The van der Waals surface area contributed by atoms with E-state index in [9.17, 15) is 15.2 Å². The van der Waals surface area contributed by atoms with Crippen LogP contribution in [0, 0.1) is 10.1 Å². The first-order valence-electron chi connectivity index (χ1n) is 11.1. The number of rotatable bonds is 6. The van der Waals surface area contributed by atoms with Crippen molar-refractivity contribution in [3.8, 4) is 11.1 Å². The third-order valence-electron chi connectivity index (χ3n) is 6.72. The summed E-state index contributed by atoms with van der Waals surface area (Å²) < 4.78 is 0. The number of hydrogen-bond donors (Lipinski definition) is 2. The van der Waals surface area contributed by atoms with Gasteiger partial charge in [-0.15, -0.1) is 0 Å². The zero-order valence-electron chi connectivity index (χ0n) is 17.4. The Balaban J connectivity index is 1.75. The summed E-state index contributed by atoms with van der Waals surface area (Å²) in [5.41, 5.74) is 2.28. The molecular weight excluding hydrogens is 378 g/mol. The molecule has 4 rings (SSSR count). The van der Waals surface area contributed by atoms with Crippen molar-refractivity contribution in [3.63, 3.8) is 0 Å². The zero-order valence-corrected chi connectivity index (χ0v) is 17.4. The Bertz CT molecular complexity index is 874. The molecular formula is C24H31N3O3. The van der Waals surface area contributed by atoms with Crippen molar-refractivity contribution in [1.82, 2.24) is 10.2 Å². The highest BCUT2D eigenvalue weighted by Crippen LogP contribution is 2.43. The third-order valence-corrected chi connectivity index (χ3v) is 6.72. The van der Waals surface area contributed by atoms with Crippen LogP contribution in [-0.2, 0) is 0 Å². The number of aliphatic hydroxyl groups is 1. The highest BCUT2D eigenvalue weighted by molar-refractivity contribution is 5.70. The monoisotopic (exact) mass is 409 g/mol. The summed E-state index contributed by atoms with van der Waals surface area (Å²) in [7, 11) is 0. The SMILES string of the molecule is O=[N+]([O-])c1cccc(-c2ccccc2C(CN2CCNCC2)C2(O)CCCCC2)c1. The lowest BCUT2D eigenvalue weighted by molar-refractivity contribution is -0.384. The molecule has 0 amide bonds. The minimum absolute atomic E-state index is 0.0219. The van der Waals surface area contributed by atoms with Gasteiger partial charge in [-0.2, -0.15) is 0 Å². The zero-order chi connectivity index (χ0) is 21.0. The second-order valence-corrected chi connectivity index (χ2v) is 8.66. The average molecular weight is 410 g/mol. The van der Waals surface area contributed by atoms with E-state index in [2.05, 4.69) is 16.3 Å². The van der Waals surface area contributed by atoms with Crippen molar-refractivity contribution in [1.29, 1.82) is 0 Å². The molecule has 1 saturated carbocycles. The number of nitro groups is 1. The number of non-ortho nitro benzene ring substituents is 1. The van der Waals surface area contributed by atoms with Crippen molar-refractivity contribution >= 4 is 5.69 Å². The number of piperazine rings is 1. The molecule has 1 unspecified atom stereocenters. The summed E-state index contributed by atoms with van der Waals surface area (Å²) in [6.45, 7) is 4.70. The van der Waals surface area contributed by atoms with Crippen LogP contribution in [0.1, 0.15) is 43.6 Å². The second kappa shape index (κ2) is 9.25. The highest BCUT2D eigenvalue weighted by Gasteiger charge is 2.40. The van der Waals surface area contributed by atoms with Crippen LogP contribution in [0.2, 0.25) is 0 Å². The third kappa shape index (κ3) is 4.56. The largest absolute Gasteiger partial charge is 0.389 e. The van der Waals surface area contributed by atoms with Crippen molar-refractivity contribution < 1.29 is 10.0 Å². The number of nitro benzene ring substituents is 1. The maximum absolute atomic E-state index is 11.8. The lowest BCUT2D eigenvalue weighted by Gasteiger charge is -2.43. The van der Waals surface area contributed by atoms with E-state index in [1.165, 1.54) is 12.5 Å². The van der Waals surface area contributed by atoms with Crippen LogP contribution in [0.5, 0.6) is 0 Å². The van der Waals surface area contributed by atoms with Gasteiger partial charge in [0.15, 0.2) is 0 Å². The maximum atomic E-state index is 11.8. The number of nitrogens with one attached hydrogen (secondary N) is 1. The molecule has 160 valence electrons. The van der Waals surface area contributed by atoms with Crippen LogP contribution in [-0.4, -0.2) is 53.3 Å². The van der Waals surface area contributed by atoms with Crippen LogP contribution in [0.15, 0.2) is 48.5 Å². The molecule has 1 aliphatic heterocycles. The van der Waals surface area contributed by atoms with E-state index >= 15 is 0 Å². The van der Waals surface area contributed by atoms with Gasteiger partial charge in [0.2, 0.25) is 0 Å². The Morgan fingerprint density at radius 1 is 1.07 bits per heavy atom. The summed E-state index contributed by atoms with van der Waals surface area (Å²) in [6.07, 6.45) is 4.90. The van der Waals surface area contributed by atoms with Crippen LogP contribution < -0.4 is 5.32 Å². The van der Waals surface area contributed by atoms with E-state index in [0.717, 1.165) is 75.1 Å². The smallest absolute Gasteiger partial charge is 0.270 e. The Kier molecular flexibility index (Phi) is 6.46. The van der Waals surface area contributed by atoms with Crippen LogP contribution in [0.3, 0.4) is 0 Å². The van der Waals surface area contributed by atoms with Gasteiger partial charge in [0.1, 0.15) is 0 Å². The van der Waals surface area contributed by atoms with Crippen molar-refractivity contribution in [3.05, 3.63) is 64.2 Å². The Morgan fingerprint density at radius 2 is 1.80 bits per heavy atom. The molecule has 6 nitrogen and oxygen atoms in total. The fraction of sp³-hybridized carbons (Fsp3) is 0.500. The van der Waals surface area contributed by atoms with E-state index in [1.54, 1.807) is 12.1 Å². The van der Waals surface area contributed by atoms with Gasteiger partial charge in [-0.05, 0) is 29.5 Å². The standard InChI is InChI=1S/C24H31N3O3/c28-24(11-4-1-5-12-24)23(18-26-15-13-25-14-16-26)22-10-3-2-9-21(22)19-7-6-8-20(17-19)27(29)30/h2-3,6-10,17,23,25,28H,1,4-5,11-16,18H2. The molecule has 1 saturated heterocycles. The summed E-state index contributed by atoms with van der Waals surface area (Å²) in [5.74, 6) is -0.0219. The molecule has 0 spiro atoms. The first-order chi connectivity index (χ1) is 14.6. The van der Waals surface area contributed by atoms with Gasteiger partial charge in [0.05, 0.1) is 10.5 Å².